The number of fused-ring (bicyclic) bond motifs is 1. The quantitative estimate of drug-likeness (QED) is 0.206. The Morgan fingerprint density at radius 1 is 0.900 bits per heavy atom. The van der Waals surface area contributed by atoms with Crippen molar-refractivity contribution in [3.8, 4) is 11.1 Å². The molecule has 202 valence electrons. The Kier molecular flexibility index (Phi) is 7.70. The first-order valence-electron chi connectivity index (χ1n) is 12.9. The van der Waals surface area contributed by atoms with Crippen LogP contribution in [0.5, 0.6) is 0 Å². The minimum atomic E-state index is -0.945. The number of carbonyl (C=O) groups excluding carboxylic acids is 1. The third kappa shape index (κ3) is 5.23. The van der Waals surface area contributed by atoms with E-state index in [1.807, 2.05) is 61.5 Å². The fraction of sp³-hybridized carbons (Fsp3) is 0.152. The number of carboxylic acids is 1. The van der Waals surface area contributed by atoms with Gasteiger partial charge >= 0.3 is 5.97 Å². The molecule has 0 spiro atoms. The van der Waals surface area contributed by atoms with Crippen LogP contribution in [0.1, 0.15) is 56.1 Å². The molecule has 0 bridgehead atoms. The van der Waals surface area contributed by atoms with E-state index < -0.39 is 5.97 Å². The molecule has 5 rings (SSSR count). The Hall–Kier alpha value is -4.06. The number of aromatic nitrogens is 1. The molecule has 0 fully saturated rings. The third-order valence-electron chi connectivity index (χ3n) is 7.44. The number of aromatic carboxylic acids is 1. The number of carboxylic acid groups (broad SMARTS) is 1. The number of nitrogens with one attached hydrogen (secondary N) is 1. The van der Waals surface area contributed by atoms with E-state index in [2.05, 4.69) is 23.7 Å². The van der Waals surface area contributed by atoms with Gasteiger partial charge in [-0.25, -0.2) is 4.79 Å². The van der Waals surface area contributed by atoms with Gasteiger partial charge in [0.2, 0.25) is 0 Å². The summed E-state index contributed by atoms with van der Waals surface area (Å²) in [4.78, 5) is 24.8. The van der Waals surface area contributed by atoms with Crippen LogP contribution < -0.4 is 5.32 Å². The zero-order valence-electron chi connectivity index (χ0n) is 22.3. The molecule has 5 nitrogen and oxygen atoms in total. The summed E-state index contributed by atoms with van der Waals surface area (Å²) in [5.74, 6) is -1.15. The van der Waals surface area contributed by atoms with Gasteiger partial charge in [-0.15, -0.1) is 0 Å². The monoisotopic (exact) mass is 570 g/mol. The molecule has 1 unspecified atom stereocenters. The summed E-state index contributed by atoms with van der Waals surface area (Å²) in [6.07, 6.45) is 0. The molecule has 0 radical (unpaired) electrons. The number of hydrogen-bond acceptors (Lipinski definition) is 2. The molecule has 0 saturated heterocycles. The highest BCUT2D eigenvalue weighted by Gasteiger charge is 2.19. The second-order valence-corrected chi connectivity index (χ2v) is 10.7. The molecule has 1 atom stereocenters. The lowest BCUT2D eigenvalue weighted by atomic mass is 9.99. The van der Waals surface area contributed by atoms with Crippen molar-refractivity contribution in [2.24, 2.45) is 0 Å². The first kappa shape index (κ1) is 27.5. The average molecular weight is 572 g/mol. The number of carbonyl (C=O) groups is 2. The standard InChI is InChI=1S/C33H28Cl2N2O3/c1-19-21(3)37(18-22-11-13-23(14-12-22)25-7-4-5-8-26(25)33(39)40)30-16-15-24(17-27(19)30)32(38)36-20(2)31-28(34)9-6-10-29(31)35/h4-17,20H,18H2,1-3H3,(H,36,38)(H,39,40). The average Bonchev–Trinajstić information content (AvgIpc) is 3.17. The first-order chi connectivity index (χ1) is 19.2. The van der Waals surface area contributed by atoms with Gasteiger partial charge in [-0.1, -0.05) is 71.7 Å². The van der Waals surface area contributed by atoms with Crippen LogP contribution in [0, 0.1) is 13.8 Å². The number of rotatable bonds is 7. The number of amides is 1. The van der Waals surface area contributed by atoms with Gasteiger partial charge in [-0.05, 0) is 79.4 Å². The molecule has 1 amide bonds. The molecule has 0 aliphatic heterocycles. The van der Waals surface area contributed by atoms with Crippen molar-refractivity contribution >= 4 is 46.0 Å². The van der Waals surface area contributed by atoms with E-state index in [1.165, 1.54) is 0 Å². The Morgan fingerprint density at radius 2 is 1.57 bits per heavy atom. The smallest absolute Gasteiger partial charge is 0.336 e. The summed E-state index contributed by atoms with van der Waals surface area (Å²) in [6, 6.07) is 25.7. The fourth-order valence-electron chi connectivity index (χ4n) is 5.16. The molecule has 1 heterocycles. The SMILES string of the molecule is Cc1c(C)n(Cc2ccc(-c3ccccc3C(=O)O)cc2)c2ccc(C(=O)NC(C)c3c(Cl)cccc3Cl)cc12. The Morgan fingerprint density at radius 3 is 2.25 bits per heavy atom. The van der Waals surface area contributed by atoms with Crippen LogP contribution in [0.3, 0.4) is 0 Å². The number of halogens is 2. The molecule has 5 aromatic rings. The van der Waals surface area contributed by atoms with Crippen molar-refractivity contribution in [2.45, 2.75) is 33.4 Å². The van der Waals surface area contributed by atoms with Crippen molar-refractivity contribution in [1.29, 1.82) is 0 Å². The summed E-state index contributed by atoms with van der Waals surface area (Å²) in [5.41, 5.74) is 7.43. The number of aryl methyl sites for hydroxylation is 1. The van der Waals surface area contributed by atoms with E-state index in [0.717, 1.165) is 33.3 Å². The zero-order chi connectivity index (χ0) is 28.6. The minimum Gasteiger partial charge on any atom is -0.478 e. The second-order valence-electron chi connectivity index (χ2n) is 9.91. The topological polar surface area (TPSA) is 71.3 Å². The van der Waals surface area contributed by atoms with Gasteiger partial charge in [0.1, 0.15) is 0 Å². The van der Waals surface area contributed by atoms with Gasteiger partial charge in [0.05, 0.1) is 11.6 Å². The highest BCUT2D eigenvalue weighted by atomic mass is 35.5. The lowest BCUT2D eigenvalue weighted by Gasteiger charge is -2.17. The lowest BCUT2D eigenvalue weighted by Crippen LogP contribution is -2.27. The van der Waals surface area contributed by atoms with Crippen molar-refractivity contribution in [3.63, 3.8) is 0 Å². The van der Waals surface area contributed by atoms with Crippen LogP contribution in [0.15, 0.2) is 84.9 Å². The molecular weight excluding hydrogens is 543 g/mol. The van der Waals surface area contributed by atoms with Gasteiger partial charge in [0.15, 0.2) is 0 Å². The maximum Gasteiger partial charge on any atom is 0.336 e. The molecule has 2 N–H and O–H groups in total. The van der Waals surface area contributed by atoms with Crippen LogP contribution in [0.2, 0.25) is 10.0 Å². The van der Waals surface area contributed by atoms with Gasteiger partial charge in [-0.3, -0.25) is 4.79 Å². The van der Waals surface area contributed by atoms with Crippen molar-refractivity contribution in [3.05, 3.63) is 128 Å². The van der Waals surface area contributed by atoms with E-state index in [0.29, 0.717) is 33.3 Å². The van der Waals surface area contributed by atoms with Crippen LogP contribution in [-0.2, 0) is 6.54 Å². The highest BCUT2D eigenvalue weighted by Crippen LogP contribution is 2.31. The zero-order valence-corrected chi connectivity index (χ0v) is 23.8. The highest BCUT2D eigenvalue weighted by molar-refractivity contribution is 6.36. The Balaban J connectivity index is 1.39. The van der Waals surface area contributed by atoms with E-state index in [9.17, 15) is 14.7 Å². The largest absolute Gasteiger partial charge is 0.478 e. The van der Waals surface area contributed by atoms with Crippen molar-refractivity contribution in [1.82, 2.24) is 9.88 Å². The molecule has 0 aliphatic rings. The van der Waals surface area contributed by atoms with Gasteiger partial charge in [0.25, 0.3) is 5.91 Å². The Bertz CT molecular complexity index is 1740. The van der Waals surface area contributed by atoms with Crippen molar-refractivity contribution < 1.29 is 14.7 Å². The first-order valence-corrected chi connectivity index (χ1v) is 13.7. The molecule has 0 saturated carbocycles. The molecule has 0 aliphatic carbocycles. The summed E-state index contributed by atoms with van der Waals surface area (Å²) in [7, 11) is 0. The molecule has 1 aromatic heterocycles. The fourth-order valence-corrected chi connectivity index (χ4v) is 5.89. The van der Waals surface area contributed by atoms with Gasteiger partial charge in [0, 0.05) is 44.3 Å². The van der Waals surface area contributed by atoms with E-state index in [-0.39, 0.29) is 17.5 Å². The molecule has 4 aromatic carbocycles. The summed E-state index contributed by atoms with van der Waals surface area (Å²) in [5, 5.41) is 14.6. The summed E-state index contributed by atoms with van der Waals surface area (Å²) >= 11 is 12.7. The number of benzene rings is 4. The van der Waals surface area contributed by atoms with Crippen LogP contribution >= 0.6 is 23.2 Å². The minimum absolute atomic E-state index is 0.201. The van der Waals surface area contributed by atoms with Crippen molar-refractivity contribution in [2.75, 3.05) is 0 Å². The molecule has 7 heteroatoms. The second kappa shape index (κ2) is 11.2. The predicted molar refractivity (Wildman–Crippen MR) is 162 cm³/mol. The summed E-state index contributed by atoms with van der Waals surface area (Å²) < 4.78 is 2.23. The van der Waals surface area contributed by atoms with Crippen LogP contribution in [-0.4, -0.2) is 21.6 Å². The maximum absolute atomic E-state index is 13.2. The van der Waals surface area contributed by atoms with Gasteiger partial charge < -0.3 is 15.0 Å². The van der Waals surface area contributed by atoms with E-state index in [1.54, 1.807) is 30.3 Å². The molecular formula is C33H28Cl2N2O3. The van der Waals surface area contributed by atoms with Crippen LogP contribution in [0.4, 0.5) is 0 Å². The van der Waals surface area contributed by atoms with Gasteiger partial charge in [-0.2, -0.15) is 0 Å². The molecule has 40 heavy (non-hydrogen) atoms. The Labute approximate surface area is 243 Å². The van der Waals surface area contributed by atoms with E-state index in [4.69, 9.17) is 23.2 Å². The third-order valence-corrected chi connectivity index (χ3v) is 8.10. The summed E-state index contributed by atoms with van der Waals surface area (Å²) in [6.45, 7) is 6.65. The van der Waals surface area contributed by atoms with Crippen LogP contribution in [0.25, 0.3) is 22.0 Å². The predicted octanol–water partition coefficient (Wildman–Crippen LogP) is 8.47. The normalized spacial score (nSPS) is 11.9. The maximum atomic E-state index is 13.2. The van der Waals surface area contributed by atoms with E-state index >= 15 is 0 Å². The lowest BCUT2D eigenvalue weighted by molar-refractivity contribution is 0.0697. The number of hydrogen-bond donors (Lipinski definition) is 2. The number of nitrogens with zero attached hydrogens (tertiary/aromatic N) is 1.